The van der Waals surface area contributed by atoms with Gasteiger partial charge in [-0.15, -0.1) is 0 Å². The molecule has 90 valence electrons. The average Bonchev–Trinajstić information content (AvgIpc) is 2.17. The van der Waals surface area contributed by atoms with Crippen molar-refractivity contribution in [3.63, 3.8) is 0 Å². The average molecular weight is 243 g/mol. The molecule has 1 rings (SSSR count). The Kier molecular flexibility index (Phi) is 3.70. The molecule has 16 heavy (non-hydrogen) atoms. The van der Waals surface area contributed by atoms with Gasteiger partial charge in [0.15, 0.2) is 9.84 Å². The molecular formula is C11H17NO3S. The summed E-state index contributed by atoms with van der Waals surface area (Å²) in [6.45, 7) is 3.06. The number of nitrogens with zero attached hydrogens (tertiary/aromatic N) is 1. The molecule has 1 heterocycles. The summed E-state index contributed by atoms with van der Waals surface area (Å²) >= 11 is 0. The van der Waals surface area contributed by atoms with Gasteiger partial charge in [0, 0.05) is 25.1 Å². The van der Waals surface area contributed by atoms with E-state index in [1.807, 2.05) is 6.07 Å². The molecule has 1 aromatic heterocycles. The van der Waals surface area contributed by atoms with Gasteiger partial charge in [-0.3, -0.25) is 4.98 Å². The summed E-state index contributed by atoms with van der Waals surface area (Å²) in [5, 5.41) is 9.96. The molecule has 0 saturated heterocycles. The summed E-state index contributed by atoms with van der Waals surface area (Å²) in [5.41, 5.74) is 0.826. The zero-order valence-corrected chi connectivity index (χ0v) is 10.5. The van der Waals surface area contributed by atoms with Crippen LogP contribution in [0, 0.1) is 0 Å². The normalized spacial score (nSPS) is 14.8. The van der Waals surface area contributed by atoms with Crippen molar-refractivity contribution >= 4 is 9.84 Å². The third-order valence-corrected chi connectivity index (χ3v) is 5.09. The fourth-order valence-electron chi connectivity index (χ4n) is 1.24. The lowest BCUT2D eigenvalue weighted by Gasteiger charge is -2.28. The van der Waals surface area contributed by atoms with E-state index in [9.17, 15) is 13.5 Å². The standard InChI is InChI=1S/C11H17NO3S/c1-11(2,16(3,14)15)10(13)7-9-5-4-6-12-8-9/h4-6,8,10,13H,7H2,1-3H3. The largest absolute Gasteiger partial charge is 0.391 e. The number of aliphatic hydroxyl groups is 1. The van der Waals surface area contributed by atoms with Crippen molar-refractivity contribution in [2.45, 2.75) is 31.1 Å². The first-order valence-electron chi connectivity index (χ1n) is 5.01. The van der Waals surface area contributed by atoms with Crippen LogP contribution in [-0.2, 0) is 16.3 Å². The third-order valence-electron chi connectivity index (χ3n) is 2.91. The Labute approximate surface area is 96.3 Å². The monoisotopic (exact) mass is 243 g/mol. The molecule has 0 spiro atoms. The maximum atomic E-state index is 11.5. The molecule has 0 bridgehead atoms. The van der Waals surface area contributed by atoms with Gasteiger partial charge in [-0.2, -0.15) is 0 Å². The summed E-state index contributed by atoms with van der Waals surface area (Å²) in [6, 6.07) is 3.57. The Bertz CT molecular complexity index is 440. The number of rotatable bonds is 4. The molecule has 0 fully saturated rings. The minimum absolute atomic E-state index is 0.286. The lowest BCUT2D eigenvalue weighted by molar-refractivity contribution is 0.138. The van der Waals surface area contributed by atoms with E-state index in [1.54, 1.807) is 18.5 Å². The molecule has 0 amide bonds. The van der Waals surface area contributed by atoms with Crippen LogP contribution in [0.4, 0.5) is 0 Å². The second kappa shape index (κ2) is 4.51. The van der Waals surface area contributed by atoms with Crippen molar-refractivity contribution in [1.82, 2.24) is 4.98 Å². The Morgan fingerprint density at radius 2 is 2.12 bits per heavy atom. The molecule has 5 heteroatoms. The van der Waals surface area contributed by atoms with Crippen LogP contribution >= 0.6 is 0 Å². The zero-order chi connectivity index (χ0) is 12.4. The van der Waals surface area contributed by atoms with Gasteiger partial charge in [-0.1, -0.05) is 6.07 Å². The minimum atomic E-state index is -3.29. The molecule has 1 aromatic rings. The topological polar surface area (TPSA) is 67.3 Å². The smallest absolute Gasteiger partial charge is 0.155 e. The second-order valence-electron chi connectivity index (χ2n) is 4.46. The predicted octanol–water partition coefficient (Wildman–Crippen LogP) is 0.808. The molecule has 0 aliphatic heterocycles. The van der Waals surface area contributed by atoms with Crippen molar-refractivity contribution in [2.75, 3.05) is 6.26 Å². The van der Waals surface area contributed by atoms with Crippen molar-refractivity contribution < 1.29 is 13.5 Å². The van der Waals surface area contributed by atoms with E-state index in [2.05, 4.69) is 4.98 Å². The van der Waals surface area contributed by atoms with E-state index >= 15 is 0 Å². The van der Waals surface area contributed by atoms with Crippen molar-refractivity contribution in [1.29, 1.82) is 0 Å². The van der Waals surface area contributed by atoms with Gasteiger partial charge < -0.3 is 5.11 Å². The van der Waals surface area contributed by atoms with Crippen LogP contribution in [0.3, 0.4) is 0 Å². The van der Waals surface area contributed by atoms with Crippen molar-refractivity contribution in [2.24, 2.45) is 0 Å². The Hall–Kier alpha value is -0.940. The van der Waals surface area contributed by atoms with E-state index in [4.69, 9.17) is 0 Å². The second-order valence-corrected chi connectivity index (χ2v) is 7.05. The first kappa shape index (κ1) is 13.1. The maximum absolute atomic E-state index is 11.5. The highest BCUT2D eigenvalue weighted by Crippen LogP contribution is 2.22. The van der Waals surface area contributed by atoms with E-state index < -0.39 is 20.7 Å². The highest BCUT2D eigenvalue weighted by atomic mass is 32.2. The lowest BCUT2D eigenvalue weighted by atomic mass is 9.99. The molecule has 0 aliphatic rings. The Morgan fingerprint density at radius 3 is 2.56 bits per heavy atom. The van der Waals surface area contributed by atoms with Gasteiger partial charge in [0.1, 0.15) is 0 Å². The quantitative estimate of drug-likeness (QED) is 0.849. The molecule has 4 nitrogen and oxygen atoms in total. The Morgan fingerprint density at radius 1 is 1.50 bits per heavy atom. The fourth-order valence-corrected chi connectivity index (χ4v) is 1.81. The maximum Gasteiger partial charge on any atom is 0.155 e. The predicted molar refractivity (Wildman–Crippen MR) is 62.9 cm³/mol. The van der Waals surface area contributed by atoms with Crippen LogP contribution in [0.5, 0.6) is 0 Å². The van der Waals surface area contributed by atoms with Crippen LogP contribution in [0.1, 0.15) is 19.4 Å². The molecule has 1 unspecified atom stereocenters. The number of sulfone groups is 1. The van der Waals surface area contributed by atoms with Crippen molar-refractivity contribution in [3.8, 4) is 0 Å². The highest BCUT2D eigenvalue weighted by Gasteiger charge is 2.37. The number of pyridine rings is 1. The lowest BCUT2D eigenvalue weighted by Crippen LogP contribution is -2.44. The van der Waals surface area contributed by atoms with Crippen LogP contribution < -0.4 is 0 Å². The van der Waals surface area contributed by atoms with Gasteiger partial charge >= 0.3 is 0 Å². The first-order chi connectivity index (χ1) is 7.25. The Balaban J connectivity index is 2.85. The summed E-state index contributed by atoms with van der Waals surface area (Å²) in [4.78, 5) is 3.92. The van der Waals surface area contributed by atoms with E-state index in [0.717, 1.165) is 11.8 Å². The van der Waals surface area contributed by atoms with Gasteiger partial charge in [0.25, 0.3) is 0 Å². The number of aliphatic hydroxyl groups excluding tert-OH is 1. The van der Waals surface area contributed by atoms with Gasteiger partial charge in [0.05, 0.1) is 10.9 Å². The van der Waals surface area contributed by atoms with E-state index in [0.29, 0.717) is 0 Å². The first-order valence-corrected chi connectivity index (χ1v) is 6.91. The van der Waals surface area contributed by atoms with E-state index in [-0.39, 0.29) is 6.42 Å². The summed E-state index contributed by atoms with van der Waals surface area (Å²) in [5.74, 6) is 0. The molecule has 0 aliphatic carbocycles. The fraction of sp³-hybridized carbons (Fsp3) is 0.545. The summed E-state index contributed by atoms with van der Waals surface area (Å²) < 4.78 is 21.9. The molecule has 1 atom stereocenters. The molecule has 0 radical (unpaired) electrons. The van der Waals surface area contributed by atoms with Crippen LogP contribution in [-0.4, -0.2) is 35.6 Å². The number of hydrogen-bond donors (Lipinski definition) is 1. The summed E-state index contributed by atoms with van der Waals surface area (Å²) in [7, 11) is -3.29. The summed E-state index contributed by atoms with van der Waals surface area (Å²) in [6.07, 6.45) is 3.75. The van der Waals surface area contributed by atoms with Crippen molar-refractivity contribution in [3.05, 3.63) is 30.1 Å². The van der Waals surface area contributed by atoms with E-state index in [1.165, 1.54) is 13.8 Å². The molecule has 0 saturated carbocycles. The SMILES string of the molecule is CC(C)(C(O)Cc1cccnc1)S(C)(=O)=O. The molecule has 1 N–H and O–H groups in total. The van der Waals surface area contributed by atoms with Gasteiger partial charge in [-0.25, -0.2) is 8.42 Å². The highest BCUT2D eigenvalue weighted by molar-refractivity contribution is 7.92. The number of aromatic nitrogens is 1. The van der Waals surface area contributed by atoms with Gasteiger partial charge in [-0.05, 0) is 25.5 Å². The molecular weight excluding hydrogens is 226 g/mol. The number of hydrogen-bond acceptors (Lipinski definition) is 4. The van der Waals surface area contributed by atoms with Crippen LogP contribution in [0.2, 0.25) is 0 Å². The van der Waals surface area contributed by atoms with Crippen LogP contribution in [0.15, 0.2) is 24.5 Å². The third kappa shape index (κ3) is 2.80. The minimum Gasteiger partial charge on any atom is -0.391 e. The van der Waals surface area contributed by atoms with Gasteiger partial charge in [0.2, 0.25) is 0 Å². The zero-order valence-electron chi connectivity index (χ0n) is 9.71. The van der Waals surface area contributed by atoms with Crippen LogP contribution in [0.25, 0.3) is 0 Å². The molecule has 0 aromatic carbocycles.